The average Bonchev–Trinajstić information content (AvgIpc) is 3.23. The van der Waals surface area contributed by atoms with Crippen molar-refractivity contribution in [2.45, 2.75) is 39.3 Å². The Labute approximate surface area is 152 Å². The normalized spacial score (nSPS) is 16.6. The number of ether oxygens (including phenoxy) is 2. The maximum Gasteiger partial charge on any atom is 0.338 e. The van der Waals surface area contributed by atoms with E-state index in [0.717, 1.165) is 37.4 Å². The number of hydrogen-bond acceptors (Lipinski definition) is 5. The van der Waals surface area contributed by atoms with E-state index in [0.29, 0.717) is 5.56 Å². The number of benzene rings is 1. The number of aromatic hydroxyl groups is 1. The van der Waals surface area contributed by atoms with Gasteiger partial charge in [0.2, 0.25) is 5.78 Å². The number of rotatable bonds is 6. The summed E-state index contributed by atoms with van der Waals surface area (Å²) in [6, 6.07) is 7.67. The Hall–Kier alpha value is -2.60. The average molecular weight is 357 g/mol. The summed E-state index contributed by atoms with van der Waals surface area (Å²) >= 11 is 0. The molecule has 0 aliphatic carbocycles. The Kier molecular flexibility index (Phi) is 5.42. The van der Waals surface area contributed by atoms with Gasteiger partial charge < -0.3 is 19.1 Å². The molecule has 138 valence electrons. The molecular weight excluding hydrogens is 334 g/mol. The zero-order valence-electron chi connectivity index (χ0n) is 15.0. The third-order valence-electron chi connectivity index (χ3n) is 4.70. The Morgan fingerprint density at radius 2 is 2.12 bits per heavy atom. The molecule has 1 atom stereocenters. The Balaban J connectivity index is 1.65. The summed E-state index contributed by atoms with van der Waals surface area (Å²) in [5, 5.41) is 9.42. The van der Waals surface area contributed by atoms with E-state index in [1.54, 1.807) is 6.07 Å². The van der Waals surface area contributed by atoms with Gasteiger partial charge in [0.05, 0.1) is 11.7 Å². The topological polar surface area (TPSA) is 77.8 Å². The van der Waals surface area contributed by atoms with Gasteiger partial charge in [-0.1, -0.05) is 6.07 Å². The van der Waals surface area contributed by atoms with Crippen molar-refractivity contribution in [2.75, 3.05) is 13.2 Å². The van der Waals surface area contributed by atoms with Gasteiger partial charge >= 0.3 is 5.97 Å². The van der Waals surface area contributed by atoms with Gasteiger partial charge in [0.25, 0.3) is 0 Å². The van der Waals surface area contributed by atoms with E-state index in [9.17, 15) is 14.7 Å². The Morgan fingerprint density at radius 3 is 2.81 bits per heavy atom. The van der Waals surface area contributed by atoms with Gasteiger partial charge in [-0.3, -0.25) is 4.79 Å². The van der Waals surface area contributed by atoms with E-state index in [-0.39, 0.29) is 29.8 Å². The number of ketones is 1. The number of esters is 1. The van der Waals surface area contributed by atoms with Crippen molar-refractivity contribution in [3.05, 3.63) is 52.8 Å². The quantitative estimate of drug-likeness (QED) is 0.635. The monoisotopic (exact) mass is 357 g/mol. The first-order valence-corrected chi connectivity index (χ1v) is 8.73. The van der Waals surface area contributed by atoms with E-state index in [1.807, 2.05) is 19.9 Å². The molecule has 1 saturated heterocycles. The van der Waals surface area contributed by atoms with Crippen LogP contribution < -0.4 is 0 Å². The SMILES string of the molecule is Cc1cc(C(=O)COC(=O)c2cccc(O)c2)c(C)n1CC1CCCO1. The Morgan fingerprint density at radius 1 is 1.31 bits per heavy atom. The van der Waals surface area contributed by atoms with Gasteiger partial charge in [0.15, 0.2) is 6.61 Å². The highest BCUT2D eigenvalue weighted by Gasteiger charge is 2.21. The lowest BCUT2D eigenvalue weighted by molar-refractivity contribution is 0.0474. The van der Waals surface area contributed by atoms with Crippen LogP contribution >= 0.6 is 0 Å². The van der Waals surface area contributed by atoms with Gasteiger partial charge in [-0.2, -0.15) is 0 Å². The molecule has 1 aromatic heterocycles. The van der Waals surface area contributed by atoms with Crippen molar-refractivity contribution in [2.24, 2.45) is 0 Å². The van der Waals surface area contributed by atoms with E-state index in [1.165, 1.54) is 18.2 Å². The molecule has 0 amide bonds. The van der Waals surface area contributed by atoms with Crippen molar-refractivity contribution < 1.29 is 24.2 Å². The standard InChI is InChI=1S/C20H23NO5/c1-13-9-18(14(2)21(13)11-17-7-4-8-25-17)19(23)12-26-20(24)15-5-3-6-16(22)10-15/h3,5-6,9-10,17,22H,4,7-8,11-12H2,1-2H3. The number of aryl methyl sites for hydroxylation is 1. The number of phenols is 1. The molecule has 3 rings (SSSR count). The van der Waals surface area contributed by atoms with Crippen LogP contribution in [0, 0.1) is 13.8 Å². The second kappa shape index (κ2) is 7.74. The lowest BCUT2D eigenvalue weighted by atomic mass is 10.1. The van der Waals surface area contributed by atoms with E-state index >= 15 is 0 Å². The molecule has 1 aliphatic rings. The third kappa shape index (κ3) is 3.96. The minimum absolute atomic E-state index is 0.0246. The Bertz CT molecular complexity index is 818. The number of hydrogen-bond donors (Lipinski definition) is 1. The van der Waals surface area contributed by atoms with Crippen LogP contribution in [0.4, 0.5) is 0 Å². The summed E-state index contributed by atoms with van der Waals surface area (Å²) in [6.07, 6.45) is 2.29. The number of carbonyl (C=O) groups excluding carboxylic acids is 2. The largest absolute Gasteiger partial charge is 0.508 e. The van der Waals surface area contributed by atoms with Gasteiger partial charge in [-0.15, -0.1) is 0 Å². The van der Waals surface area contributed by atoms with Crippen LogP contribution in [-0.2, 0) is 16.0 Å². The summed E-state index contributed by atoms with van der Waals surface area (Å²) in [7, 11) is 0. The molecule has 0 saturated carbocycles. The molecule has 0 bridgehead atoms. The van der Waals surface area contributed by atoms with E-state index in [2.05, 4.69) is 4.57 Å². The molecule has 1 unspecified atom stereocenters. The molecule has 1 fully saturated rings. The predicted molar refractivity (Wildman–Crippen MR) is 95.6 cm³/mol. The molecule has 6 heteroatoms. The fourth-order valence-electron chi connectivity index (χ4n) is 3.28. The summed E-state index contributed by atoms with van der Waals surface area (Å²) in [5.74, 6) is -0.906. The lowest BCUT2D eigenvalue weighted by Gasteiger charge is -2.14. The molecule has 2 heterocycles. The number of carbonyl (C=O) groups is 2. The van der Waals surface area contributed by atoms with Crippen LogP contribution in [0.2, 0.25) is 0 Å². The third-order valence-corrected chi connectivity index (χ3v) is 4.70. The maximum absolute atomic E-state index is 12.5. The van der Waals surface area contributed by atoms with Crippen LogP contribution in [0.1, 0.15) is 44.9 Å². The zero-order valence-corrected chi connectivity index (χ0v) is 15.0. The van der Waals surface area contributed by atoms with Crippen molar-refractivity contribution >= 4 is 11.8 Å². The lowest BCUT2D eigenvalue weighted by Crippen LogP contribution is -2.18. The molecule has 1 aromatic carbocycles. The second-order valence-electron chi connectivity index (χ2n) is 6.58. The van der Waals surface area contributed by atoms with Crippen molar-refractivity contribution in [3.63, 3.8) is 0 Å². The van der Waals surface area contributed by atoms with Gasteiger partial charge in [0.1, 0.15) is 5.75 Å². The molecular formula is C20H23NO5. The molecule has 6 nitrogen and oxygen atoms in total. The van der Waals surface area contributed by atoms with E-state index in [4.69, 9.17) is 9.47 Å². The first-order chi connectivity index (χ1) is 12.5. The molecule has 0 spiro atoms. The minimum Gasteiger partial charge on any atom is -0.508 e. The first kappa shape index (κ1) is 18.2. The fraction of sp³-hybridized carbons (Fsp3) is 0.400. The zero-order chi connectivity index (χ0) is 18.7. The number of aromatic nitrogens is 1. The van der Waals surface area contributed by atoms with Crippen LogP contribution in [-0.4, -0.2) is 40.7 Å². The van der Waals surface area contributed by atoms with Gasteiger partial charge in [0, 0.05) is 30.1 Å². The summed E-state index contributed by atoms with van der Waals surface area (Å²) in [6.45, 7) is 5.04. The number of nitrogens with zero attached hydrogens (tertiary/aromatic N) is 1. The minimum atomic E-state index is -0.637. The smallest absolute Gasteiger partial charge is 0.338 e. The van der Waals surface area contributed by atoms with Gasteiger partial charge in [-0.05, 0) is 51.0 Å². The maximum atomic E-state index is 12.5. The van der Waals surface area contributed by atoms with Crippen LogP contribution in [0.25, 0.3) is 0 Å². The van der Waals surface area contributed by atoms with Gasteiger partial charge in [-0.25, -0.2) is 4.79 Å². The van der Waals surface area contributed by atoms with Crippen molar-refractivity contribution in [3.8, 4) is 5.75 Å². The summed E-state index contributed by atoms with van der Waals surface area (Å²) < 4.78 is 12.9. The van der Waals surface area contributed by atoms with Crippen LogP contribution in [0.15, 0.2) is 30.3 Å². The predicted octanol–water partition coefficient (Wildman–Crippen LogP) is 3.03. The van der Waals surface area contributed by atoms with E-state index < -0.39 is 5.97 Å². The highest BCUT2D eigenvalue weighted by molar-refractivity contribution is 6.00. The number of Topliss-reactive ketones (excluding diaryl/α,β-unsaturated/α-hetero) is 1. The molecule has 2 aromatic rings. The second-order valence-corrected chi connectivity index (χ2v) is 6.58. The highest BCUT2D eigenvalue weighted by atomic mass is 16.5. The van der Waals surface area contributed by atoms with Crippen molar-refractivity contribution in [1.82, 2.24) is 4.57 Å². The number of phenolic OH excluding ortho intramolecular Hbond substituents is 1. The van der Waals surface area contributed by atoms with Crippen molar-refractivity contribution in [1.29, 1.82) is 0 Å². The highest BCUT2D eigenvalue weighted by Crippen LogP contribution is 2.21. The molecule has 1 N–H and O–H groups in total. The molecule has 26 heavy (non-hydrogen) atoms. The molecule has 1 aliphatic heterocycles. The van der Waals surface area contributed by atoms with Crippen LogP contribution in [0.5, 0.6) is 5.75 Å². The van der Waals surface area contributed by atoms with Crippen LogP contribution in [0.3, 0.4) is 0 Å². The summed E-state index contributed by atoms with van der Waals surface area (Å²) in [4.78, 5) is 24.5. The first-order valence-electron chi connectivity index (χ1n) is 8.73. The molecule has 0 radical (unpaired) electrons. The summed E-state index contributed by atoms with van der Waals surface area (Å²) in [5.41, 5.74) is 2.61. The fourth-order valence-corrected chi connectivity index (χ4v) is 3.28.